The molecule has 2 heteroatoms. The molecule has 2 nitrogen and oxygen atoms in total. The monoisotopic (exact) mass is 249 g/mol. The quantitative estimate of drug-likeness (QED) is 0.783. The molecule has 0 aliphatic rings. The van der Waals surface area contributed by atoms with Crippen LogP contribution in [0.15, 0.2) is 24.3 Å². The van der Waals surface area contributed by atoms with Gasteiger partial charge in [0.15, 0.2) is 0 Å². The van der Waals surface area contributed by atoms with Gasteiger partial charge in [-0.3, -0.25) is 0 Å². The van der Waals surface area contributed by atoms with E-state index in [1.54, 1.807) is 0 Å². The minimum atomic E-state index is 0.363. The zero-order chi connectivity index (χ0) is 13.5. The summed E-state index contributed by atoms with van der Waals surface area (Å²) in [6.07, 6.45) is 1.15. The van der Waals surface area contributed by atoms with Gasteiger partial charge in [-0.25, -0.2) is 0 Å². The summed E-state index contributed by atoms with van der Waals surface area (Å²) in [6, 6.07) is 9.30. The maximum Gasteiger partial charge on any atom is 0.119 e. The van der Waals surface area contributed by atoms with Crippen LogP contribution in [0, 0.1) is 5.92 Å². The van der Waals surface area contributed by atoms with Crippen molar-refractivity contribution in [3.8, 4) is 5.75 Å². The standard InChI is InChI=1S/C16H27NO/c1-6-13(4)17-14(5)15-8-7-9-16(10-15)18-11-12(2)3/h7-10,12-14,17H,6,11H2,1-5H3/t13-,14+/m1/s1. The molecule has 0 heterocycles. The van der Waals surface area contributed by atoms with Gasteiger partial charge in [0.25, 0.3) is 0 Å². The fourth-order valence-electron chi connectivity index (χ4n) is 1.78. The highest BCUT2D eigenvalue weighted by Crippen LogP contribution is 2.20. The Morgan fingerprint density at radius 2 is 1.89 bits per heavy atom. The fourth-order valence-corrected chi connectivity index (χ4v) is 1.78. The first-order valence-corrected chi connectivity index (χ1v) is 7.01. The van der Waals surface area contributed by atoms with Crippen LogP contribution in [-0.2, 0) is 0 Å². The van der Waals surface area contributed by atoms with Crippen molar-refractivity contribution in [1.29, 1.82) is 0 Å². The Balaban J connectivity index is 2.63. The third kappa shape index (κ3) is 5.09. The number of hydrogen-bond acceptors (Lipinski definition) is 2. The molecule has 1 N–H and O–H groups in total. The molecule has 0 bridgehead atoms. The largest absolute Gasteiger partial charge is 0.493 e. The Labute approximate surface area is 112 Å². The molecule has 1 aromatic carbocycles. The normalized spacial score (nSPS) is 14.6. The summed E-state index contributed by atoms with van der Waals surface area (Å²) >= 11 is 0. The van der Waals surface area contributed by atoms with E-state index in [2.05, 4.69) is 58.1 Å². The first-order chi connectivity index (χ1) is 8.52. The second-order valence-electron chi connectivity index (χ2n) is 5.47. The van der Waals surface area contributed by atoms with Gasteiger partial charge in [-0.15, -0.1) is 0 Å². The molecule has 2 atom stereocenters. The summed E-state index contributed by atoms with van der Waals surface area (Å²) in [5.74, 6) is 1.53. The van der Waals surface area contributed by atoms with E-state index < -0.39 is 0 Å². The van der Waals surface area contributed by atoms with E-state index in [4.69, 9.17) is 4.74 Å². The maximum atomic E-state index is 5.76. The zero-order valence-electron chi connectivity index (χ0n) is 12.4. The van der Waals surface area contributed by atoms with Gasteiger partial charge in [0.1, 0.15) is 5.75 Å². The Morgan fingerprint density at radius 1 is 1.17 bits per heavy atom. The molecule has 0 saturated heterocycles. The third-order valence-electron chi connectivity index (χ3n) is 3.09. The average Bonchev–Trinajstić information content (AvgIpc) is 2.36. The minimum Gasteiger partial charge on any atom is -0.493 e. The fraction of sp³-hybridized carbons (Fsp3) is 0.625. The van der Waals surface area contributed by atoms with Gasteiger partial charge < -0.3 is 10.1 Å². The van der Waals surface area contributed by atoms with Crippen LogP contribution in [0.3, 0.4) is 0 Å². The lowest BCUT2D eigenvalue weighted by atomic mass is 10.1. The van der Waals surface area contributed by atoms with Crippen LogP contribution in [0.1, 0.15) is 52.6 Å². The van der Waals surface area contributed by atoms with E-state index in [9.17, 15) is 0 Å². The molecular weight excluding hydrogens is 222 g/mol. The summed E-state index contributed by atoms with van der Waals surface area (Å²) in [7, 11) is 0. The number of ether oxygens (including phenoxy) is 1. The van der Waals surface area contributed by atoms with E-state index in [0.717, 1.165) is 18.8 Å². The molecule has 0 aliphatic heterocycles. The molecule has 0 unspecified atom stereocenters. The molecule has 1 rings (SSSR count). The summed E-state index contributed by atoms with van der Waals surface area (Å²) in [5, 5.41) is 3.58. The van der Waals surface area contributed by atoms with Crippen molar-refractivity contribution in [1.82, 2.24) is 5.32 Å². The predicted octanol–water partition coefficient (Wildman–Crippen LogP) is 4.17. The molecule has 0 saturated carbocycles. The van der Waals surface area contributed by atoms with E-state index >= 15 is 0 Å². The molecule has 18 heavy (non-hydrogen) atoms. The van der Waals surface area contributed by atoms with Crippen molar-refractivity contribution in [2.75, 3.05) is 6.61 Å². The molecule has 0 aromatic heterocycles. The van der Waals surface area contributed by atoms with E-state index in [1.807, 2.05) is 6.07 Å². The first kappa shape index (κ1) is 15.0. The number of rotatable bonds is 7. The number of hydrogen-bond donors (Lipinski definition) is 1. The smallest absolute Gasteiger partial charge is 0.119 e. The molecule has 0 fully saturated rings. The first-order valence-electron chi connectivity index (χ1n) is 7.01. The lowest BCUT2D eigenvalue weighted by Crippen LogP contribution is -2.28. The Hall–Kier alpha value is -1.02. The molecule has 1 aromatic rings. The van der Waals surface area contributed by atoms with E-state index in [1.165, 1.54) is 5.56 Å². The van der Waals surface area contributed by atoms with Crippen LogP contribution < -0.4 is 10.1 Å². The van der Waals surface area contributed by atoms with Crippen molar-refractivity contribution in [3.63, 3.8) is 0 Å². The summed E-state index contributed by atoms with van der Waals surface area (Å²) < 4.78 is 5.76. The lowest BCUT2D eigenvalue weighted by molar-refractivity contribution is 0.270. The molecule has 0 aliphatic carbocycles. The number of nitrogens with one attached hydrogen (secondary N) is 1. The molecule has 0 radical (unpaired) electrons. The molecule has 102 valence electrons. The van der Waals surface area contributed by atoms with Gasteiger partial charge in [0.2, 0.25) is 0 Å². The van der Waals surface area contributed by atoms with Crippen molar-refractivity contribution >= 4 is 0 Å². The highest BCUT2D eigenvalue weighted by Gasteiger charge is 2.09. The SMILES string of the molecule is CC[C@@H](C)N[C@@H](C)c1cccc(OCC(C)C)c1. The molecular formula is C16H27NO. The van der Waals surface area contributed by atoms with Crippen molar-refractivity contribution in [2.24, 2.45) is 5.92 Å². The van der Waals surface area contributed by atoms with E-state index in [-0.39, 0.29) is 0 Å². The molecule has 0 amide bonds. The van der Waals surface area contributed by atoms with Crippen LogP contribution >= 0.6 is 0 Å². The number of benzene rings is 1. The van der Waals surface area contributed by atoms with Crippen LogP contribution in [-0.4, -0.2) is 12.6 Å². The second-order valence-corrected chi connectivity index (χ2v) is 5.47. The lowest BCUT2D eigenvalue weighted by Gasteiger charge is -2.20. The summed E-state index contributed by atoms with van der Waals surface area (Å²) in [4.78, 5) is 0. The maximum absolute atomic E-state index is 5.76. The topological polar surface area (TPSA) is 21.3 Å². The molecule has 0 spiro atoms. The van der Waals surface area contributed by atoms with Crippen LogP contribution in [0.25, 0.3) is 0 Å². The highest BCUT2D eigenvalue weighted by molar-refractivity contribution is 5.30. The van der Waals surface area contributed by atoms with Gasteiger partial charge in [0.05, 0.1) is 6.61 Å². The Morgan fingerprint density at radius 3 is 2.50 bits per heavy atom. The van der Waals surface area contributed by atoms with Crippen molar-refractivity contribution < 1.29 is 4.74 Å². The zero-order valence-corrected chi connectivity index (χ0v) is 12.4. The average molecular weight is 249 g/mol. The Bertz CT molecular complexity index is 349. The van der Waals surface area contributed by atoms with Crippen molar-refractivity contribution in [3.05, 3.63) is 29.8 Å². The minimum absolute atomic E-state index is 0.363. The van der Waals surface area contributed by atoms with Crippen molar-refractivity contribution in [2.45, 2.75) is 53.1 Å². The van der Waals surface area contributed by atoms with Crippen LogP contribution in [0.4, 0.5) is 0 Å². The van der Waals surface area contributed by atoms with Gasteiger partial charge in [0, 0.05) is 12.1 Å². The van der Waals surface area contributed by atoms with Gasteiger partial charge in [-0.1, -0.05) is 32.9 Å². The van der Waals surface area contributed by atoms with Crippen LogP contribution in [0.2, 0.25) is 0 Å². The Kier molecular flexibility index (Phi) is 6.20. The summed E-state index contributed by atoms with van der Waals surface area (Å²) in [5.41, 5.74) is 1.29. The predicted molar refractivity (Wildman–Crippen MR) is 78.1 cm³/mol. The third-order valence-corrected chi connectivity index (χ3v) is 3.09. The van der Waals surface area contributed by atoms with Gasteiger partial charge >= 0.3 is 0 Å². The van der Waals surface area contributed by atoms with Gasteiger partial charge in [-0.2, -0.15) is 0 Å². The van der Waals surface area contributed by atoms with Crippen LogP contribution in [0.5, 0.6) is 5.75 Å². The van der Waals surface area contributed by atoms with Gasteiger partial charge in [-0.05, 0) is 43.9 Å². The highest BCUT2D eigenvalue weighted by atomic mass is 16.5. The second kappa shape index (κ2) is 7.42. The summed E-state index contributed by atoms with van der Waals surface area (Å²) in [6.45, 7) is 11.7. The van der Waals surface area contributed by atoms with E-state index in [0.29, 0.717) is 18.0 Å².